The minimum Gasteiger partial charge on any atom is -0.397 e. The molecule has 0 aromatic heterocycles. The largest absolute Gasteiger partial charge is 0.397 e. The highest BCUT2D eigenvalue weighted by atomic mass is 35.5. The third-order valence-electron chi connectivity index (χ3n) is 3.73. The first-order valence-electron chi connectivity index (χ1n) is 7.18. The van der Waals surface area contributed by atoms with Crippen LogP contribution in [0.4, 0.5) is 11.4 Å². The molecule has 3 N–H and O–H groups in total. The molecule has 1 heterocycles. The van der Waals surface area contributed by atoms with Crippen molar-refractivity contribution >= 4 is 28.9 Å². The number of carbonyl (C=O) groups excluding carboxylic acids is 1. The topological polar surface area (TPSA) is 67.6 Å². The Morgan fingerprint density at radius 3 is 3.10 bits per heavy atom. The number of amides is 1. The molecular formula is C15H22ClN3O2. The number of nitrogens with one attached hydrogen (secondary N) is 1. The van der Waals surface area contributed by atoms with Crippen LogP contribution in [0.1, 0.15) is 19.3 Å². The van der Waals surface area contributed by atoms with E-state index in [1.807, 2.05) is 0 Å². The van der Waals surface area contributed by atoms with Gasteiger partial charge in [0.15, 0.2) is 0 Å². The Morgan fingerprint density at radius 2 is 2.38 bits per heavy atom. The number of nitrogens with two attached hydrogens (primary N) is 1. The molecule has 0 saturated carbocycles. The average molecular weight is 312 g/mol. The van der Waals surface area contributed by atoms with Crippen LogP contribution in [0.2, 0.25) is 5.02 Å². The van der Waals surface area contributed by atoms with E-state index in [-0.39, 0.29) is 12.0 Å². The van der Waals surface area contributed by atoms with Crippen LogP contribution in [0.5, 0.6) is 0 Å². The van der Waals surface area contributed by atoms with Crippen molar-refractivity contribution in [2.75, 3.05) is 37.8 Å². The molecule has 6 heteroatoms. The minimum absolute atomic E-state index is 0.0173. The number of rotatable bonds is 5. The van der Waals surface area contributed by atoms with E-state index in [9.17, 15) is 4.79 Å². The maximum absolute atomic E-state index is 12.0. The van der Waals surface area contributed by atoms with Crippen molar-refractivity contribution in [3.63, 3.8) is 0 Å². The standard InChI is InChI=1S/C15H22ClN3O2/c1-21-12-3-2-7-19(10-12)8-6-15(20)18-11-4-5-13(16)14(17)9-11/h4-5,9,12H,2-3,6-8,10,17H2,1H3,(H,18,20). The molecule has 0 bridgehead atoms. The first-order valence-corrected chi connectivity index (χ1v) is 7.56. The van der Waals surface area contributed by atoms with Crippen LogP contribution in [-0.2, 0) is 9.53 Å². The van der Waals surface area contributed by atoms with Gasteiger partial charge in [-0.05, 0) is 37.6 Å². The molecule has 116 valence electrons. The number of benzene rings is 1. The smallest absolute Gasteiger partial charge is 0.225 e. The molecular weight excluding hydrogens is 290 g/mol. The molecule has 0 spiro atoms. The number of carbonyl (C=O) groups is 1. The Morgan fingerprint density at radius 1 is 1.57 bits per heavy atom. The van der Waals surface area contributed by atoms with E-state index >= 15 is 0 Å². The fraction of sp³-hybridized carbons (Fsp3) is 0.533. The second-order valence-corrected chi connectivity index (χ2v) is 5.74. The van der Waals surface area contributed by atoms with Crippen LogP contribution in [-0.4, -0.2) is 43.7 Å². The summed E-state index contributed by atoms with van der Waals surface area (Å²) in [6, 6.07) is 5.10. The Bertz CT molecular complexity index is 496. The number of ether oxygens (including phenoxy) is 1. The number of likely N-dealkylation sites (tertiary alicyclic amines) is 1. The van der Waals surface area contributed by atoms with E-state index in [0.717, 1.165) is 32.5 Å². The van der Waals surface area contributed by atoms with Gasteiger partial charge in [0.05, 0.1) is 16.8 Å². The molecule has 1 aliphatic heterocycles. The van der Waals surface area contributed by atoms with Crippen molar-refractivity contribution < 1.29 is 9.53 Å². The zero-order chi connectivity index (χ0) is 15.2. The summed E-state index contributed by atoms with van der Waals surface area (Å²) in [5.74, 6) is -0.0173. The first-order chi connectivity index (χ1) is 10.1. The van der Waals surface area contributed by atoms with E-state index in [4.69, 9.17) is 22.1 Å². The van der Waals surface area contributed by atoms with Gasteiger partial charge in [0.2, 0.25) is 5.91 Å². The number of halogens is 1. The normalized spacial score (nSPS) is 19.4. The van der Waals surface area contributed by atoms with Gasteiger partial charge in [-0.25, -0.2) is 0 Å². The molecule has 21 heavy (non-hydrogen) atoms. The maximum Gasteiger partial charge on any atom is 0.225 e. The van der Waals surface area contributed by atoms with E-state index < -0.39 is 0 Å². The van der Waals surface area contributed by atoms with Crippen molar-refractivity contribution in [3.8, 4) is 0 Å². The van der Waals surface area contributed by atoms with Crippen LogP contribution >= 0.6 is 11.6 Å². The lowest BCUT2D eigenvalue weighted by molar-refractivity contribution is -0.116. The number of anilines is 2. The second kappa shape index (κ2) is 7.64. The molecule has 1 aromatic rings. The predicted octanol–water partition coefficient (Wildman–Crippen LogP) is 2.36. The van der Waals surface area contributed by atoms with Gasteiger partial charge in [-0.2, -0.15) is 0 Å². The molecule has 1 unspecified atom stereocenters. The van der Waals surface area contributed by atoms with Crippen molar-refractivity contribution in [2.45, 2.75) is 25.4 Å². The number of nitrogens with zero attached hydrogens (tertiary/aromatic N) is 1. The van der Waals surface area contributed by atoms with Gasteiger partial charge in [0.1, 0.15) is 0 Å². The summed E-state index contributed by atoms with van der Waals surface area (Å²) in [4.78, 5) is 14.2. The second-order valence-electron chi connectivity index (χ2n) is 5.34. The lowest BCUT2D eigenvalue weighted by atomic mass is 10.1. The Kier molecular flexibility index (Phi) is 5.85. The Balaban J connectivity index is 1.78. The van der Waals surface area contributed by atoms with E-state index in [2.05, 4.69) is 10.2 Å². The van der Waals surface area contributed by atoms with Gasteiger partial charge in [0, 0.05) is 32.3 Å². The van der Waals surface area contributed by atoms with Crippen LogP contribution < -0.4 is 11.1 Å². The first kappa shape index (κ1) is 16.1. The molecule has 2 rings (SSSR count). The minimum atomic E-state index is -0.0173. The average Bonchev–Trinajstić information content (AvgIpc) is 2.49. The quantitative estimate of drug-likeness (QED) is 0.819. The molecule has 1 aromatic carbocycles. The molecule has 0 aliphatic carbocycles. The molecule has 1 atom stereocenters. The van der Waals surface area contributed by atoms with E-state index in [1.54, 1.807) is 25.3 Å². The molecule has 1 saturated heterocycles. The maximum atomic E-state index is 12.0. The zero-order valence-electron chi connectivity index (χ0n) is 12.3. The summed E-state index contributed by atoms with van der Waals surface area (Å²) in [5.41, 5.74) is 6.85. The summed E-state index contributed by atoms with van der Waals surface area (Å²) in [7, 11) is 1.74. The molecule has 1 amide bonds. The van der Waals surface area contributed by atoms with Crippen LogP contribution in [0.25, 0.3) is 0 Å². The Labute approximate surface area is 130 Å². The highest BCUT2D eigenvalue weighted by Crippen LogP contribution is 2.22. The predicted molar refractivity (Wildman–Crippen MR) is 85.6 cm³/mol. The van der Waals surface area contributed by atoms with Gasteiger partial charge < -0.3 is 20.7 Å². The van der Waals surface area contributed by atoms with Crippen LogP contribution in [0.3, 0.4) is 0 Å². The van der Waals surface area contributed by atoms with E-state index in [0.29, 0.717) is 22.8 Å². The summed E-state index contributed by atoms with van der Waals surface area (Å²) >= 11 is 5.85. The summed E-state index contributed by atoms with van der Waals surface area (Å²) in [6.07, 6.45) is 2.97. The summed E-state index contributed by atoms with van der Waals surface area (Å²) in [6.45, 7) is 2.67. The van der Waals surface area contributed by atoms with Gasteiger partial charge in [-0.15, -0.1) is 0 Å². The van der Waals surface area contributed by atoms with E-state index in [1.165, 1.54) is 0 Å². The van der Waals surface area contributed by atoms with Crippen molar-refractivity contribution in [1.82, 2.24) is 4.90 Å². The van der Waals surface area contributed by atoms with Gasteiger partial charge >= 0.3 is 0 Å². The number of piperidine rings is 1. The van der Waals surface area contributed by atoms with Gasteiger partial charge in [-0.3, -0.25) is 4.79 Å². The summed E-state index contributed by atoms with van der Waals surface area (Å²) < 4.78 is 5.38. The number of methoxy groups -OCH3 is 1. The van der Waals surface area contributed by atoms with Crippen molar-refractivity contribution in [3.05, 3.63) is 23.2 Å². The number of hydrogen-bond acceptors (Lipinski definition) is 4. The Hall–Kier alpha value is -1.30. The highest BCUT2D eigenvalue weighted by molar-refractivity contribution is 6.33. The lowest BCUT2D eigenvalue weighted by Gasteiger charge is -2.31. The molecule has 1 aliphatic rings. The molecule has 5 nitrogen and oxygen atoms in total. The van der Waals surface area contributed by atoms with Crippen LogP contribution in [0.15, 0.2) is 18.2 Å². The molecule has 1 fully saturated rings. The monoisotopic (exact) mass is 311 g/mol. The third-order valence-corrected chi connectivity index (χ3v) is 4.07. The fourth-order valence-electron chi connectivity index (χ4n) is 2.51. The SMILES string of the molecule is COC1CCCN(CCC(=O)Nc2ccc(Cl)c(N)c2)C1. The number of nitrogen functional groups attached to an aromatic ring is 1. The van der Waals surface area contributed by atoms with Gasteiger partial charge in [-0.1, -0.05) is 11.6 Å². The van der Waals surface area contributed by atoms with Crippen LogP contribution in [0, 0.1) is 0 Å². The van der Waals surface area contributed by atoms with Gasteiger partial charge in [0.25, 0.3) is 0 Å². The summed E-state index contributed by atoms with van der Waals surface area (Å²) in [5, 5.41) is 3.33. The third kappa shape index (κ3) is 4.88. The lowest BCUT2D eigenvalue weighted by Crippen LogP contribution is -2.40. The molecule has 0 radical (unpaired) electrons. The zero-order valence-corrected chi connectivity index (χ0v) is 13.0. The fourth-order valence-corrected chi connectivity index (χ4v) is 2.63. The number of hydrogen-bond donors (Lipinski definition) is 2. The van der Waals surface area contributed by atoms with Crippen molar-refractivity contribution in [1.29, 1.82) is 0 Å². The highest BCUT2D eigenvalue weighted by Gasteiger charge is 2.19. The van der Waals surface area contributed by atoms with Crippen molar-refractivity contribution in [2.24, 2.45) is 0 Å².